The minimum atomic E-state index is -0.569. The van der Waals surface area contributed by atoms with Crippen LogP contribution >= 0.6 is 11.8 Å². The van der Waals surface area contributed by atoms with Crippen molar-refractivity contribution in [2.45, 2.75) is 17.3 Å². The predicted octanol–water partition coefficient (Wildman–Crippen LogP) is 1.93. The van der Waals surface area contributed by atoms with Gasteiger partial charge in [-0.2, -0.15) is 0 Å². The summed E-state index contributed by atoms with van der Waals surface area (Å²) >= 11 is 1.21. The van der Waals surface area contributed by atoms with E-state index >= 15 is 0 Å². The Hall–Kier alpha value is -2.65. The number of esters is 1. The molecule has 2 aromatic rings. The van der Waals surface area contributed by atoms with E-state index in [9.17, 15) is 9.59 Å². The van der Waals surface area contributed by atoms with Gasteiger partial charge in [0, 0.05) is 19.3 Å². The number of anilines is 1. The number of carbonyl (C=O) groups is 2. The van der Waals surface area contributed by atoms with Crippen molar-refractivity contribution in [3.8, 4) is 0 Å². The molecule has 0 bridgehead atoms. The SMILES string of the molecule is CCOC(=O)c1cnc(SC(C(=O)N2CCOCC2)c2ccccc2)nc1N. The molecule has 1 atom stereocenters. The molecule has 0 saturated carbocycles. The molecule has 8 nitrogen and oxygen atoms in total. The average molecular weight is 402 g/mol. The van der Waals surface area contributed by atoms with E-state index in [1.54, 1.807) is 11.8 Å². The van der Waals surface area contributed by atoms with Gasteiger partial charge < -0.3 is 20.1 Å². The van der Waals surface area contributed by atoms with Crippen LogP contribution in [-0.2, 0) is 14.3 Å². The molecule has 1 saturated heterocycles. The third-order valence-corrected chi connectivity index (χ3v) is 5.28. The summed E-state index contributed by atoms with van der Waals surface area (Å²) < 4.78 is 10.3. The quantitative estimate of drug-likeness (QED) is 0.444. The molecule has 0 spiro atoms. The first-order valence-corrected chi connectivity index (χ1v) is 9.86. The van der Waals surface area contributed by atoms with Crippen molar-refractivity contribution in [1.82, 2.24) is 14.9 Å². The van der Waals surface area contributed by atoms with Crippen molar-refractivity contribution in [1.29, 1.82) is 0 Å². The number of amides is 1. The minimum Gasteiger partial charge on any atom is -0.462 e. The molecule has 1 amide bonds. The van der Waals surface area contributed by atoms with Gasteiger partial charge in [0.05, 0.1) is 19.8 Å². The smallest absolute Gasteiger partial charge is 0.343 e. The van der Waals surface area contributed by atoms with Crippen LogP contribution in [0.2, 0.25) is 0 Å². The molecule has 0 radical (unpaired) electrons. The number of nitrogens with two attached hydrogens (primary N) is 1. The second-order valence-corrected chi connectivity index (χ2v) is 7.09. The summed E-state index contributed by atoms with van der Waals surface area (Å²) in [6, 6.07) is 9.45. The lowest BCUT2D eigenvalue weighted by molar-refractivity contribution is -0.134. The van der Waals surface area contributed by atoms with E-state index in [1.807, 2.05) is 30.3 Å². The first kappa shape index (κ1) is 20.1. The van der Waals surface area contributed by atoms with Gasteiger partial charge in [-0.3, -0.25) is 4.79 Å². The van der Waals surface area contributed by atoms with Crippen LogP contribution in [0.5, 0.6) is 0 Å². The number of hydrogen-bond donors (Lipinski definition) is 1. The molecule has 1 aliphatic heterocycles. The van der Waals surface area contributed by atoms with Gasteiger partial charge >= 0.3 is 5.97 Å². The van der Waals surface area contributed by atoms with Crippen LogP contribution in [0.4, 0.5) is 5.82 Å². The van der Waals surface area contributed by atoms with E-state index in [4.69, 9.17) is 15.2 Å². The Bertz CT molecular complexity index is 828. The Morgan fingerprint density at radius 1 is 1.29 bits per heavy atom. The minimum absolute atomic E-state index is 0.0292. The van der Waals surface area contributed by atoms with Crippen LogP contribution in [0.3, 0.4) is 0 Å². The van der Waals surface area contributed by atoms with Crippen LogP contribution < -0.4 is 5.73 Å². The van der Waals surface area contributed by atoms with E-state index in [1.165, 1.54) is 18.0 Å². The van der Waals surface area contributed by atoms with Crippen LogP contribution in [0.15, 0.2) is 41.7 Å². The van der Waals surface area contributed by atoms with Crippen molar-refractivity contribution in [2.75, 3.05) is 38.6 Å². The van der Waals surface area contributed by atoms with Crippen molar-refractivity contribution < 1.29 is 19.1 Å². The van der Waals surface area contributed by atoms with Crippen LogP contribution in [0, 0.1) is 0 Å². The summed E-state index contributed by atoms with van der Waals surface area (Å²) in [4.78, 5) is 35.2. The zero-order valence-corrected chi connectivity index (χ0v) is 16.4. The number of nitrogens with zero attached hydrogens (tertiary/aromatic N) is 3. The van der Waals surface area contributed by atoms with Crippen LogP contribution in [0.1, 0.15) is 28.1 Å². The third-order valence-electron chi connectivity index (χ3n) is 4.16. The molecule has 1 aromatic heterocycles. The third kappa shape index (κ3) is 4.79. The van der Waals surface area contributed by atoms with Gasteiger partial charge in [-0.05, 0) is 12.5 Å². The average Bonchev–Trinajstić information content (AvgIpc) is 2.73. The zero-order chi connectivity index (χ0) is 19.9. The second-order valence-electron chi connectivity index (χ2n) is 6.02. The topological polar surface area (TPSA) is 108 Å². The van der Waals surface area contributed by atoms with E-state index in [-0.39, 0.29) is 23.9 Å². The van der Waals surface area contributed by atoms with Gasteiger partial charge in [0.1, 0.15) is 16.6 Å². The van der Waals surface area contributed by atoms with Gasteiger partial charge in [-0.15, -0.1) is 0 Å². The largest absolute Gasteiger partial charge is 0.462 e. The van der Waals surface area contributed by atoms with Crippen LogP contribution in [-0.4, -0.2) is 59.7 Å². The molecular formula is C19H22N4O4S. The summed E-state index contributed by atoms with van der Waals surface area (Å²) in [5.41, 5.74) is 6.87. The number of aromatic nitrogens is 2. The summed E-state index contributed by atoms with van der Waals surface area (Å²) in [6.45, 7) is 4.09. The highest BCUT2D eigenvalue weighted by molar-refractivity contribution is 8.00. The van der Waals surface area contributed by atoms with Crippen molar-refractivity contribution in [2.24, 2.45) is 0 Å². The number of nitrogen functional groups attached to an aromatic ring is 1. The zero-order valence-electron chi connectivity index (χ0n) is 15.5. The summed E-state index contributed by atoms with van der Waals surface area (Å²) in [7, 11) is 0. The van der Waals surface area contributed by atoms with Gasteiger partial charge in [0.2, 0.25) is 5.91 Å². The van der Waals surface area contributed by atoms with E-state index in [0.29, 0.717) is 31.5 Å². The lowest BCUT2D eigenvalue weighted by Gasteiger charge is -2.30. The second kappa shape index (κ2) is 9.52. The van der Waals surface area contributed by atoms with Crippen molar-refractivity contribution in [3.05, 3.63) is 47.7 Å². The number of rotatable bonds is 6. The maximum atomic E-state index is 13.1. The first-order valence-electron chi connectivity index (χ1n) is 8.98. The maximum Gasteiger partial charge on any atom is 0.343 e. The Morgan fingerprint density at radius 3 is 2.64 bits per heavy atom. The maximum absolute atomic E-state index is 13.1. The Morgan fingerprint density at radius 2 is 2.00 bits per heavy atom. The number of hydrogen-bond acceptors (Lipinski definition) is 8. The van der Waals surface area contributed by atoms with Gasteiger partial charge in [0.25, 0.3) is 0 Å². The summed E-state index contributed by atoms with van der Waals surface area (Å²) in [5.74, 6) is -0.571. The number of thioether (sulfide) groups is 1. The van der Waals surface area contributed by atoms with E-state index < -0.39 is 11.2 Å². The Kier molecular flexibility index (Phi) is 6.83. The molecule has 2 heterocycles. The standard InChI is InChI=1S/C19H22N4O4S/c1-2-27-18(25)14-12-21-19(22-16(14)20)28-15(13-6-4-3-5-7-13)17(24)23-8-10-26-11-9-23/h3-7,12,15H,2,8-11H2,1H3,(H2,20,21,22). The Labute approximate surface area is 167 Å². The Balaban J connectivity index is 1.84. The molecule has 0 aliphatic carbocycles. The van der Waals surface area contributed by atoms with E-state index in [0.717, 1.165) is 5.56 Å². The van der Waals surface area contributed by atoms with E-state index in [2.05, 4.69) is 9.97 Å². The highest BCUT2D eigenvalue weighted by Crippen LogP contribution is 2.35. The number of carbonyl (C=O) groups excluding carboxylic acids is 2. The molecule has 1 fully saturated rings. The molecule has 3 rings (SSSR count). The molecule has 1 aromatic carbocycles. The van der Waals surface area contributed by atoms with Gasteiger partial charge in [0.15, 0.2) is 5.16 Å². The summed E-state index contributed by atoms with van der Waals surface area (Å²) in [5, 5.41) is -0.201. The lowest BCUT2D eigenvalue weighted by Crippen LogP contribution is -2.42. The molecule has 9 heteroatoms. The first-order chi connectivity index (χ1) is 13.6. The fourth-order valence-corrected chi connectivity index (χ4v) is 3.76. The molecular weight excluding hydrogens is 380 g/mol. The molecule has 1 aliphatic rings. The fraction of sp³-hybridized carbons (Fsp3) is 0.368. The lowest BCUT2D eigenvalue weighted by atomic mass is 10.1. The van der Waals surface area contributed by atoms with Crippen molar-refractivity contribution >= 4 is 29.5 Å². The number of benzene rings is 1. The summed E-state index contributed by atoms with van der Waals surface area (Å²) in [6.07, 6.45) is 1.34. The fourth-order valence-electron chi connectivity index (χ4n) is 2.74. The predicted molar refractivity (Wildman–Crippen MR) is 105 cm³/mol. The number of morpholine rings is 1. The monoisotopic (exact) mass is 402 g/mol. The normalized spacial score (nSPS) is 15.1. The molecule has 2 N–H and O–H groups in total. The van der Waals surface area contributed by atoms with Crippen LogP contribution in [0.25, 0.3) is 0 Å². The molecule has 28 heavy (non-hydrogen) atoms. The highest BCUT2D eigenvalue weighted by Gasteiger charge is 2.29. The van der Waals surface area contributed by atoms with Gasteiger partial charge in [-0.25, -0.2) is 14.8 Å². The highest BCUT2D eigenvalue weighted by atomic mass is 32.2. The van der Waals surface area contributed by atoms with Gasteiger partial charge in [-0.1, -0.05) is 42.1 Å². The van der Waals surface area contributed by atoms with Crippen molar-refractivity contribution in [3.63, 3.8) is 0 Å². The molecule has 1 unspecified atom stereocenters. The molecule has 148 valence electrons. The number of ether oxygens (including phenoxy) is 2.